The maximum atomic E-state index is 5.40. The molecule has 0 unspecified atom stereocenters. The maximum Gasteiger partial charge on any atom is 0.260 e. The van der Waals surface area contributed by atoms with Crippen molar-refractivity contribution in [3.63, 3.8) is 0 Å². The molecule has 11 heavy (non-hydrogen) atoms. The van der Waals surface area contributed by atoms with Crippen LogP contribution in [0.15, 0.2) is 15.7 Å². The Bertz CT molecular complexity index is 258. The van der Waals surface area contributed by atoms with Crippen molar-refractivity contribution < 1.29 is 4.74 Å². The molecule has 60 valence electrons. The van der Waals surface area contributed by atoms with Crippen molar-refractivity contribution in [2.24, 2.45) is 0 Å². The fourth-order valence-corrected chi connectivity index (χ4v) is 2.17. The second-order valence-corrected chi connectivity index (χ2v) is 4.55. The molecule has 0 N–H and O–H groups in total. The molecule has 5 heteroatoms. The van der Waals surface area contributed by atoms with Gasteiger partial charge in [0.05, 0.1) is 0 Å². The molecule has 0 aromatic carbocycles. The molecule has 1 aromatic rings. The highest BCUT2D eigenvalue weighted by atomic mass is 35.5. The number of halogens is 1. The first-order valence-electron chi connectivity index (χ1n) is 2.73. The van der Waals surface area contributed by atoms with Crippen LogP contribution in [0.25, 0.3) is 0 Å². The summed E-state index contributed by atoms with van der Waals surface area (Å²) in [6.45, 7) is 0. The zero-order valence-electron chi connectivity index (χ0n) is 5.67. The van der Waals surface area contributed by atoms with E-state index >= 15 is 0 Å². The molecule has 1 rings (SSSR count). The van der Waals surface area contributed by atoms with Gasteiger partial charge in [-0.05, 0) is 41.5 Å². The molecule has 1 aromatic heterocycles. The molecule has 0 amide bonds. The number of hydrogen-bond donors (Lipinski definition) is 0. The van der Waals surface area contributed by atoms with Gasteiger partial charge in [-0.2, -0.15) is 0 Å². The van der Waals surface area contributed by atoms with Gasteiger partial charge in [-0.3, -0.25) is 0 Å². The lowest BCUT2D eigenvalue weighted by atomic mass is 10.6. The predicted molar refractivity (Wildman–Crippen MR) is 55.2 cm³/mol. The molecule has 0 fully saturated rings. The highest BCUT2D eigenvalue weighted by molar-refractivity contribution is 8.00. The van der Waals surface area contributed by atoms with Crippen LogP contribution in [0.2, 0.25) is 0 Å². The Morgan fingerprint density at radius 3 is 3.09 bits per heavy atom. The van der Waals surface area contributed by atoms with E-state index in [0.29, 0.717) is 0 Å². The lowest BCUT2D eigenvalue weighted by Gasteiger charge is -1.99. The van der Waals surface area contributed by atoms with Gasteiger partial charge in [0, 0.05) is 0 Å². The summed E-state index contributed by atoms with van der Waals surface area (Å²) in [5.74, 6) is 0.752. The average molecular weight is 225 g/mol. The van der Waals surface area contributed by atoms with Gasteiger partial charge >= 0.3 is 0 Å². The molecule has 0 aliphatic rings. The van der Waals surface area contributed by atoms with E-state index in [1.807, 2.05) is 17.7 Å². The standard InChI is InChI=1S/C6H5ClOS3/c1-10-5-4(2-3-11-5)8-6(7)9/h2-3H,1H3. The van der Waals surface area contributed by atoms with Crippen LogP contribution in [-0.2, 0) is 0 Å². The molecule has 0 saturated carbocycles. The van der Waals surface area contributed by atoms with Crippen molar-refractivity contribution in [3.8, 4) is 5.75 Å². The van der Waals surface area contributed by atoms with Crippen LogP contribution in [0, 0.1) is 0 Å². The van der Waals surface area contributed by atoms with Crippen molar-refractivity contribution in [1.29, 1.82) is 0 Å². The van der Waals surface area contributed by atoms with Crippen LogP contribution in [-0.4, -0.2) is 10.8 Å². The number of hydrogen-bond acceptors (Lipinski definition) is 4. The third kappa shape index (κ3) is 2.63. The molecule has 0 bridgehead atoms. The minimum atomic E-state index is 0.0405. The summed E-state index contributed by atoms with van der Waals surface area (Å²) in [4.78, 5) is 0. The van der Waals surface area contributed by atoms with Crippen LogP contribution in [0.5, 0.6) is 5.75 Å². The summed E-state index contributed by atoms with van der Waals surface area (Å²) >= 11 is 13.2. The molecule has 0 aliphatic heterocycles. The summed E-state index contributed by atoms with van der Waals surface area (Å²) < 4.78 is 6.19. The average Bonchev–Trinajstić information content (AvgIpc) is 2.34. The van der Waals surface area contributed by atoms with Gasteiger partial charge in [0.1, 0.15) is 4.21 Å². The Morgan fingerprint density at radius 1 is 1.82 bits per heavy atom. The zero-order chi connectivity index (χ0) is 8.27. The highest BCUT2D eigenvalue weighted by Crippen LogP contribution is 2.33. The van der Waals surface area contributed by atoms with Gasteiger partial charge in [-0.25, -0.2) is 0 Å². The van der Waals surface area contributed by atoms with E-state index in [1.165, 1.54) is 0 Å². The first kappa shape index (κ1) is 9.32. The summed E-state index contributed by atoms with van der Waals surface area (Å²) in [5, 5.41) is 1.94. The van der Waals surface area contributed by atoms with Crippen molar-refractivity contribution >= 4 is 51.4 Å². The van der Waals surface area contributed by atoms with Gasteiger partial charge in [0.2, 0.25) is 0 Å². The monoisotopic (exact) mass is 224 g/mol. The van der Waals surface area contributed by atoms with Gasteiger partial charge in [-0.15, -0.1) is 23.1 Å². The summed E-state index contributed by atoms with van der Waals surface area (Å²) in [7, 11) is 0. The van der Waals surface area contributed by atoms with Gasteiger partial charge in [-0.1, -0.05) is 0 Å². The topological polar surface area (TPSA) is 9.23 Å². The fourth-order valence-electron chi connectivity index (χ4n) is 0.595. The van der Waals surface area contributed by atoms with Crippen molar-refractivity contribution in [2.75, 3.05) is 6.26 Å². The van der Waals surface area contributed by atoms with E-state index in [1.54, 1.807) is 23.1 Å². The summed E-state index contributed by atoms with van der Waals surface area (Å²) in [6, 6.07) is 1.85. The van der Waals surface area contributed by atoms with Crippen LogP contribution >= 0.6 is 46.9 Å². The molecular formula is C6H5ClOS3. The van der Waals surface area contributed by atoms with Gasteiger partial charge in [0.25, 0.3) is 4.51 Å². The van der Waals surface area contributed by atoms with Crippen LogP contribution in [0.4, 0.5) is 0 Å². The Kier molecular flexibility index (Phi) is 3.65. The Balaban J connectivity index is 2.76. The largest absolute Gasteiger partial charge is 0.434 e. The van der Waals surface area contributed by atoms with E-state index < -0.39 is 0 Å². The Labute approximate surface area is 83.7 Å². The second kappa shape index (κ2) is 4.30. The number of thiocarbonyl (C=S) groups is 1. The molecule has 0 saturated heterocycles. The van der Waals surface area contributed by atoms with Crippen molar-refractivity contribution in [1.82, 2.24) is 0 Å². The van der Waals surface area contributed by atoms with E-state index in [0.717, 1.165) is 9.96 Å². The number of thiophene rings is 1. The third-order valence-corrected chi connectivity index (χ3v) is 3.18. The van der Waals surface area contributed by atoms with E-state index in [-0.39, 0.29) is 4.51 Å². The minimum absolute atomic E-state index is 0.0405. The van der Waals surface area contributed by atoms with Crippen LogP contribution < -0.4 is 4.74 Å². The highest BCUT2D eigenvalue weighted by Gasteiger charge is 2.04. The van der Waals surface area contributed by atoms with Gasteiger partial charge < -0.3 is 4.74 Å². The smallest absolute Gasteiger partial charge is 0.260 e. The molecule has 1 nitrogen and oxygen atoms in total. The summed E-state index contributed by atoms with van der Waals surface area (Å²) in [5.41, 5.74) is 0. The predicted octanol–water partition coefficient (Wildman–Crippen LogP) is 3.37. The van der Waals surface area contributed by atoms with E-state index in [9.17, 15) is 0 Å². The van der Waals surface area contributed by atoms with E-state index in [2.05, 4.69) is 12.2 Å². The second-order valence-electron chi connectivity index (χ2n) is 1.62. The van der Waals surface area contributed by atoms with Crippen molar-refractivity contribution in [2.45, 2.75) is 4.21 Å². The van der Waals surface area contributed by atoms with Crippen LogP contribution in [0.3, 0.4) is 0 Å². The number of ether oxygens (including phenoxy) is 1. The molecule has 0 aliphatic carbocycles. The van der Waals surface area contributed by atoms with Crippen LogP contribution in [0.1, 0.15) is 0 Å². The lowest BCUT2D eigenvalue weighted by Crippen LogP contribution is -1.94. The first-order valence-corrected chi connectivity index (χ1v) is 5.62. The molecule has 1 heterocycles. The minimum Gasteiger partial charge on any atom is -0.434 e. The fraction of sp³-hybridized carbons (Fsp3) is 0.167. The molecule has 0 atom stereocenters. The SMILES string of the molecule is CSc1sccc1OC(=S)Cl. The number of rotatable bonds is 2. The Morgan fingerprint density at radius 2 is 2.55 bits per heavy atom. The van der Waals surface area contributed by atoms with Gasteiger partial charge in [0.15, 0.2) is 5.75 Å². The first-order chi connectivity index (χ1) is 5.24. The lowest BCUT2D eigenvalue weighted by molar-refractivity contribution is 0.569. The Hall–Kier alpha value is 0.230. The molecule has 0 radical (unpaired) electrons. The zero-order valence-corrected chi connectivity index (χ0v) is 8.87. The van der Waals surface area contributed by atoms with Crippen molar-refractivity contribution in [3.05, 3.63) is 11.4 Å². The number of thioether (sulfide) groups is 1. The summed E-state index contributed by atoms with van der Waals surface area (Å²) in [6.07, 6.45) is 1.98. The quantitative estimate of drug-likeness (QED) is 0.433. The molecular weight excluding hydrogens is 220 g/mol. The maximum absolute atomic E-state index is 5.40. The third-order valence-electron chi connectivity index (χ3n) is 0.971. The van der Waals surface area contributed by atoms with E-state index in [4.69, 9.17) is 16.3 Å². The normalized spacial score (nSPS) is 9.64. The molecule has 0 spiro atoms.